The maximum atomic E-state index is 14.7. The second-order valence-corrected chi connectivity index (χ2v) is 14.3. The monoisotopic (exact) mass is 615 g/mol. The van der Waals surface area contributed by atoms with Crippen molar-refractivity contribution in [2.75, 3.05) is 6.54 Å². The highest BCUT2D eigenvalue weighted by atomic mass is 32.2. The van der Waals surface area contributed by atoms with Gasteiger partial charge in [0.25, 0.3) is 5.91 Å². The zero-order chi connectivity index (χ0) is 30.9. The van der Waals surface area contributed by atoms with Crippen molar-refractivity contribution in [3.8, 4) is 0 Å². The van der Waals surface area contributed by atoms with E-state index in [1.54, 1.807) is 13.8 Å². The van der Waals surface area contributed by atoms with Gasteiger partial charge in [0, 0.05) is 31.4 Å². The highest BCUT2D eigenvalue weighted by Crippen LogP contribution is 2.48. The standard InChI is InChI=1S/C27H39F2N5O7S/c1-16-13-20(32-41-16)24(37)31-19(25(38)34-12-6-8-21(34)22(30)35)7-4-3-5-9-27(28,29)15-17-14-18(17)23(36)33-42(39,40)26(2)10-11-26/h13,17-19,21H,3-12,14-15H2,1-2H3,(H2,30,35)(H,31,37)(H,33,36)/t17?,18?,19-,21?/m0/s1. The molecule has 234 valence electrons. The minimum absolute atomic E-state index is 0.00999. The van der Waals surface area contributed by atoms with Crippen LogP contribution in [0, 0.1) is 18.8 Å². The molecule has 2 aliphatic carbocycles. The van der Waals surface area contributed by atoms with Crippen molar-refractivity contribution in [1.82, 2.24) is 20.1 Å². The van der Waals surface area contributed by atoms with Crippen LogP contribution < -0.4 is 15.8 Å². The number of hydrogen-bond donors (Lipinski definition) is 3. The van der Waals surface area contributed by atoms with Crippen molar-refractivity contribution in [3.05, 3.63) is 17.5 Å². The summed E-state index contributed by atoms with van der Waals surface area (Å²) in [5, 5.41) is 6.29. The van der Waals surface area contributed by atoms with Gasteiger partial charge >= 0.3 is 0 Å². The number of carbonyl (C=O) groups excluding carboxylic acids is 4. The summed E-state index contributed by atoms with van der Waals surface area (Å²) >= 11 is 0. The molecule has 1 aromatic heterocycles. The van der Waals surface area contributed by atoms with Crippen LogP contribution in [0.2, 0.25) is 0 Å². The van der Waals surface area contributed by atoms with Crippen LogP contribution in [0.1, 0.15) is 93.8 Å². The average molecular weight is 616 g/mol. The SMILES string of the molecule is Cc1cc(C(=O)N[C@@H](CCCCCC(F)(F)CC2CC2C(=O)NS(=O)(=O)C2(C)CC2)C(=O)N2CCCC2C(N)=O)no1. The lowest BCUT2D eigenvalue weighted by molar-refractivity contribution is -0.139. The van der Waals surface area contributed by atoms with E-state index in [1.807, 2.05) is 0 Å². The molecule has 0 radical (unpaired) electrons. The zero-order valence-corrected chi connectivity index (χ0v) is 24.7. The van der Waals surface area contributed by atoms with Gasteiger partial charge in [0.05, 0.1) is 4.75 Å². The Bertz CT molecular complexity index is 1310. The lowest BCUT2D eigenvalue weighted by Crippen LogP contribution is -2.52. The van der Waals surface area contributed by atoms with Gasteiger partial charge < -0.3 is 20.5 Å². The van der Waals surface area contributed by atoms with Crippen molar-refractivity contribution < 1.29 is 40.9 Å². The number of primary amides is 1. The first-order valence-corrected chi connectivity index (χ1v) is 15.9. The quantitative estimate of drug-likeness (QED) is 0.251. The fraction of sp³-hybridized carbons (Fsp3) is 0.741. The average Bonchev–Trinajstić information content (AvgIpc) is 3.71. The molecule has 4 rings (SSSR count). The van der Waals surface area contributed by atoms with Crippen molar-refractivity contribution in [1.29, 1.82) is 0 Å². The number of nitrogens with one attached hydrogen (secondary N) is 2. The number of rotatable bonds is 15. The van der Waals surface area contributed by atoms with Crippen molar-refractivity contribution in [2.45, 2.75) is 107 Å². The maximum Gasteiger partial charge on any atom is 0.274 e. The molecule has 4 atom stereocenters. The van der Waals surface area contributed by atoms with Gasteiger partial charge in [-0.25, -0.2) is 17.2 Å². The summed E-state index contributed by atoms with van der Waals surface area (Å²) in [6, 6.07) is -0.355. The Morgan fingerprint density at radius 1 is 1.24 bits per heavy atom. The Morgan fingerprint density at radius 2 is 1.95 bits per heavy atom. The molecule has 0 bridgehead atoms. The van der Waals surface area contributed by atoms with Gasteiger partial charge in [-0.1, -0.05) is 18.0 Å². The lowest BCUT2D eigenvalue weighted by atomic mass is 10.0. The fourth-order valence-electron chi connectivity index (χ4n) is 5.45. The van der Waals surface area contributed by atoms with Crippen molar-refractivity contribution in [3.63, 3.8) is 0 Å². The van der Waals surface area contributed by atoms with Gasteiger partial charge in [0.15, 0.2) is 5.69 Å². The van der Waals surface area contributed by atoms with E-state index in [0.29, 0.717) is 50.8 Å². The Hall–Kier alpha value is -3.10. The predicted octanol–water partition coefficient (Wildman–Crippen LogP) is 2.17. The Balaban J connectivity index is 1.24. The van der Waals surface area contributed by atoms with Crippen LogP contribution >= 0.6 is 0 Å². The molecule has 42 heavy (non-hydrogen) atoms. The number of hydrogen-bond acceptors (Lipinski definition) is 8. The highest BCUT2D eigenvalue weighted by molar-refractivity contribution is 7.91. The Morgan fingerprint density at radius 3 is 2.57 bits per heavy atom. The van der Waals surface area contributed by atoms with Crippen LogP contribution in [0.3, 0.4) is 0 Å². The van der Waals surface area contributed by atoms with Crippen LogP contribution in [-0.4, -0.2) is 71.4 Å². The second kappa shape index (κ2) is 12.3. The molecular weight excluding hydrogens is 576 g/mol. The molecule has 1 saturated heterocycles. The number of aryl methyl sites for hydroxylation is 1. The third kappa shape index (κ3) is 7.64. The third-order valence-corrected chi connectivity index (χ3v) is 10.7. The first-order chi connectivity index (χ1) is 19.6. The van der Waals surface area contributed by atoms with Crippen LogP contribution in [0.5, 0.6) is 0 Å². The Kier molecular flexibility index (Phi) is 9.28. The fourth-order valence-corrected chi connectivity index (χ4v) is 6.76. The van der Waals surface area contributed by atoms with E-state index in [9.17, 15) is 36.4 Å². The molecule has 15 heteroatoms. The summed E-state index contributed by atoms with van der Waals surface area (Å²) < 4.78 is 59.8. The van der Waals surface area contributed by atoms with E-state index in [4.69, 9.17) is 10.3 Å². The molecule has 3 fully saturated rings. The molecular formula is C27H39F2N5O7S. The molecule has 1 aliphatic heterocycles. The van der Waals surface area contributed by atoms with Gasteiger partial charge in [-0.2, -0.15) is 0 Å². The van der Waals surface area contributed by atoms with Crippen molar-refractivity contribution in [2.24, 2.45) is 17.6 Å². The molecule has 3 unspecified atom stereocenters. The number of amides is 4. The summed E-state index contributed by atoms with van der Waals surface area (Å²) in [5.41, 5.74) is 5.44. The summed E-state index contributed by atoms with van der Waals surface area (Å²) in [6.45, 7) is 3.48. The highest BCUT2D eigenvalue weighted by Gasteiger charge is 2.54. The van der Waals surface area contributed by atoms with Crippen LogP contribution in [-0.2, 0) is 24.4 Å². The summed E-state index contributed by atoms with van der Waals surface area (Å²) in [4.78, 5) is 51.4. The van der Waals surface area contributed by atoms with Gasteiger partial charge in [-0.3, -0.25) is 23.9 Å². The van der Waals surface area contributed by atoms with E-state index >= 15 is 0 Å². The Labute approximate surface area is 243 Å². The largest absolute Gasteiger partial charge is 0.368 e. The van der Waals surface area contributed by atoms with Gasteiger partial charge in [-0.15, -0.1) is 0 Å². The number of nitrogens with zero attached hydrogens (tertiary/aromatic N) is 2. The number of nitrogens with two attached hydrogens (primary N) is 1. The smallest absolute Gasteiger partial charge is 0.274 e. The lowest BCUT2D eigenvalue weighted by Gasteiger charge is -2.27. The number of unbranched alkanes of at least 4 members (excludes halogenated alkanes) is 2. The van der Waals surface area contributed by atoms with Gasteiger partial charge in [-0.05, 0) is 64.7 Å². The number of likely N-dealkylation sites (tertiary alicyclic amines) is 1. The maximum absolute atomic E-state index is 14.7. The summed E-state index contributed by atoms with van der Waals surface area (Å²) in [7, 11) is -3.80. The zero-order valence-electron chi connectivity index (χ0n) is 23.9. The van der Waals surface area contributed by atoms with E-state index in [2.05, 4.69) is 15.2 Å². The minimum Gasteiger partial charge on any atom is -0.368 e. The molecule has 4 amide bonds. The number of halogens is 2. The molecule has 0 spiro atoms. The topological polar surface area (TPSA) is 182 Å². The number of carbonyl (C=O) groups is 4. The molecule has 2 saturated carbocycles. The third-order valence-electron chi connectivity index (χ3n) is 8.52. The molecule has 1 aromatic rings. The molecule has 4 N–H and O–H groups in total. The van der Waals surface area contributed by atoms with Gasteiger partial charge in [0.2, 0.25) is 33.7 Å². The van der Waals surface area contributed by atoms with E-state index in [-0.39, 0.29) is 25.0 Å². The molecule has 0 aromatic carbocycles. The normalized spacial score (nSPS) is 23.7. The number of aromatic nitrogens is 1. The van der Waals surface area contributed by atoms with Crippen LogP contribution in [0.15, 0.2) is 10.6 Å². The van der Waals surface area contributed by atoms with Crippen LogP contribution in [0.4, 0.5) is 8.78 Å². The minimum atomic E-state index is -3.80. The van der Waals surface area contributed by atoms with Crippen molar-refractivity contribution >= 4 is 33.7 Å². The predicted molar refractivity (Wildman–Crippen MR) is 145 cm³/mol. The van der Waals surface area contributed by atoms with E-state index < -0.39 is 81.1 Å². The number of alkyl halides is 2. The number of sulfonamides is 1. The first-order valence-electron chi connectivity index (χ1n) is 14.4. The second-order valence-electron chi connectivity index (χ2n) is 12.1. The van der Waals surface area contributed by atoms with Crippen LogP contribution in [0.25, 0.3) is 0 Å². The molecule has 2 heterocycles. The van der Waals surface area contributed by atoms with E-state index in [0.717, 1.165) is 0 Å². The first kappa shape index (κ1) is 31.8. The summed E-state index contributed by atoms with van der Waals surface area (Å²) in [6.07, 6.45) is 2.27. The van der Waals surface area contributed by atoms with E-state index in [1.165, 1.54) is 11.0 Å². The van der Waals surface area contributed by atoms with Gasteiger partial charge in [0.1, 0.15) is 17.8 Å². The molecule has 12 nitrogen and oxygen atoms in total. The summed E-state index contributed by atoms with van der Waals surface area (Å²) in [5.74, 6) is -6.36. The molecule has 3 aliphatic rings.